The third-order valence-electron chi connectivity index (χ3n) is 5.42. The molecule has 0 bridgehead atoms. The summed E-state index contributed by atoms with van der Waals surface area (Å²) in [5.74, 6) is -0.112. The predicted octanol–water partition coefficient (Wildman–Crippen LogP) is 4.61. The number of hydrogen-bond donors (Lipinski definition) is 0. The van der Waals surface area contributed by atoms with Crippen LogP contribution in [0.5, 0.6) is 0 Å². The fourth-order valence-corrected chi connectivity index (χ4v) is 4.70. The molecule has 0 aromatic rings. The SMILES string of the molecule is C[C@@H](CC1=CC(=O)N(C(C)(C)CC(C)(C)C)C1=O)CC1(C#N)CCC1. The van der Waals surface area contributed by atoms with Gasteiger partial charge in [0.05, 0.1) is 11.5 Å². The van der Waals surface area contributed by atoms with Crippen LogP contribution in [0.15, 0.2) is 11.6 Å². The van der Waals surface area contributed by atoms with Crippen LogP contribution in [0.1, 0.15) is 80.1 Å². The third kappa shape index (κ3) is 4.32. The summed E-state index contributed by atoms with van der Waals surface area (Å²) in [6.45, 7) is 12.4. The second kappa shape index (κ2) is 6.59. The Bertz CT molecular complexity index is 627. The van der Waals surface area contributed by atoms with Crippen molar-refractivity contribution in [2.24, 2.45) is 16.7 Å². The molecule has 1 aliphatic carbocycles. The van der Waals surface area contributed by atoms with E-state index in [4.69, 9.17) is 0 Å². The molecular weight excluding hydrogens is 312 g/mol. The lowest BCUT2D eigenvalue weighted by atomic mass is 9.65. The number of imide groups is 1. The van der Waals surface area contributed by atoms with E-state index in [0.717, 1.165) is 32.1 Å². The number of nitrogens with zero attached hydrogens (tertiary/aromatic N) is 2. The van der Waals surface area contributed by atoms with Crippen LogP contribution in [-0.4, -0.2) is 22.3 Å². The van der Waals surface area contributed by atoms with Crippen molar-refractivity contribution in [1.29, 1.82) is 5.26 Å². The average Bonchev–Trinajstić information content (AvgIpc) is 2.66. The highest BCUT2D eigenvalue weighted by atomic mass is 16.2. The maximum absolute atomic E-state index is 12.9. The van der Waals surface area contributed by atoms with E-state index >= 15 is 0 Å². The molecule has 0 N–H and O–H groups in total. The van der Waals surface area contributed by atoms with E-state index in [0.29, 0.717) is 12.0 Å². The zero-order valence-electron chi connectivity index (χ0n) is 16.6. The highest BCUT2D eigenvalue weighted by molar-refractivity contribution is 6.16. The van der Waals surface area contributed by atoms with Gasteiger partial charge < -0.3 is 0 Å². The third-order valence-corrected chi connectivity index (χ3v) is 5.42. The Balaban J connectivity index is 2.05. The van der Waals surface area contributed by atoms with Gasteiger partial charge in [-0.3, -0.25) is 14.5 Å². The second-order valence-corrected chi connectivity index (χ2v) is 9.96. The van der Waals surface area contributed by atoms with Crippen LogP contribution in [-0.2, 0) is 9.59 Å². The van der Waals surface area contributed by atoms with Gasteiger partial charge in [0.1, 0.15) is 0 Å². The Kier molecular flexibility index (Phi) is 5.19. The summed E-state index contributed by atoms with van der Waals surface area (Å²) in [6.07, 6.45) is 6.71. The van der Waals surface area contributed by atoms with Gasteiger partial charge in [-0.1, -0.05) is 34.1 Å². The van der Waals surface area contributed by atoms with Crippen molar-refractivity contribution in [2.75, 3.05) is 0 Å². The number of nitriles is 1. The standard InChI is InChI=1S/C21H32N2O2/c1-15(12-21(14-22)8-7-9-21)10-16-11-17(24)23(18(16)25)20(5,6)13-19(2,3)4/h11,15H,7-10,12-13H2,1-6H3/t15-/m0/s1. The molecule has 1 aliphatic heterocycles. The highest BCUT2D eigenvalue weighted by Crippen LogP contribution is 2.46. The van der Waals surface area contributed by atoms with Crippen LogP contribution in [0.3, 0.4) is 0 Å². The normalized spacial score (nSPS) is 21.6. The molecule has 4 heteroatoms. The lowest BCUT2D eigenvalue weighted by molar-refractivity contribution is -0.144. The smallest absolute Gasteiger partial charge is 0.257 e. The molecule has 0 radical (unpaired) electrons. The van der Waals surface area contributed by atoms with E-state index in [-0.39, 0.29) is 28.6 Å². The van der Waals surface area contributed by atoms with Crippen molar-refractivity contribution in [2.45, 2.75) is 85.6 Å². The lowest BCUT2D eigenvalue weighted by Crippen LogP contribution is -2.50. The fraction of sp³-hybridized carbons (Fsp3) is 0.762. The predicted molar refractivity (Wildman–Crippen MR) is 98.4 cm³/mol. The Morgan fingerprint density at radius 1 is 1.24 bits per heavy atom. The van der Waals surface area contributed by atoms with Gasteiger partial charge in [-0.15, -0.1) is 0 Å². The van der Waals surface area contributed by atoms with Gasteiger partial charge in [0.15, 0.2) is 0 Å². The summed E-state index contributed by atoms with van der Waals surface area (Å²) in [6, 6.07) is 2.47. The molecule has 0 saturated heterocycles. The molecule has 25 heavy (non-hydrogen) atoms. The molecule has 0 unspecified atom stereocenters. The van der Waals surface area contributed by atoms with Gasteiger partial charge in [-0.25, -0.2) is 0 Å². The first-order chi connectivity index (χ1) is 11.4. The molecule has 0 aromatic carbocycles. The average molecular weight is 344 g/mol. The van der Waals surface area contributed by atoms with E-state index in [2.05, 4.69) is 33.8 Å². The first kappa shape index (κ1) is 19.7. The maximum Gasteiger partial charge on any atom is 0.257 e. The van der Waals surface area contributed by atoms with Crippen molar-refractivity contribution in [3.05, 3.63) is 11.6 Å². The van der Waals surface area contributed by atoms with Crippen molar-refractivity contribution < 1.29 is 9.59 Å². The van der Waals surface area contributed by atoms with E-state index in [9.17, 15) is 14.9 Å². The van der Waals surface area contributed by atoms with Gasteiger partial charge in [0.25, 0.3) is 11.8 Å². The summed E-state index contributed by atoms with van der Waals surface area (Å²) < 4.78 is 0. The molecule has 2 aliphatic rings. The molecule has 1 saturated carbocycles. The summed E-state index contributed by atoms with van der Waals surface area (Å²) in [5.41, 5.74) is -0.0669. The Labute approximate surface area is 152 Å². The molecule has 1 fully saturated rings. The van der Waals surface area contributed by atoms with Crippen LogP contribution < -0.4 is 0 Å². The highest BCUT2D eigenvalue weighted by Gasteiger charge is 2.44. The first-order valence-electron chi connectivity index (χ1n) is 9.40. The van der Waals surface area contributed by atoms with E-state index in [1.165, 1.54) is 11.0 Å². The minimum absolute atomic E-state index is 0.0313. The largest absolute Gasteiger partial charge is 0.269 e. The Morgan fingerprint density at radius 3 is 2.28 bits per heavy atom. The molecular formula is C21H32N2O2. The topological polar surface area (TPSA) is 61.2 Å². The quantitative estimate of drug-likeness (QED) is 0.661. The monoisotopic (exact) mass is 344 g/mol. The Morgan fingerprint density at radius 2 is 1.84 bits per heavy atom. The Hall–Kier alpha value is -1.63. The first-order valence-corrected chi connectivity index (χ1v) is 9.40. The van der Waals surface area contributed by atoms with Crippen molar-refractivity contribution >= 4 is 11.8 Å². The number of hydrogen-bond acceptors (Lipinski definition) is 3. The molecule has 1 atom stereocenters. The number of carbonyl (C=O) groups excluding carboxylic acids is 2. The molecule has 1 heterocycles. The zero-order chi connectivity index (χ0) is 19.0. The molecule has 138 valence electrons. The fourth-order valence-electron chi connectivity index (χ4n) is 4.70. The minimum atomic E-state index is -0.504. The number of carbonyl (C=O) groups is 2. The van der Waals surface area contributed by atoms with Crippen LogP contribution in [0.25, 0.3) is 0 Å². The summed E-state index contributed by atoms with van der Waals surface area (Å²) in [4.78, 5) is 26.8. The van der Waals surface area contributed by atoms with Gasteiger partial charge in [-0.2, -0.15) is 5.26 Å². The second-order valence-electron chi connectivity index (χ2n) is 9.96. The summed E-state index contributed by atoms with van der Waals surface area (Å²) in [5, 5.41) is 9.40. The van der Waals surface area contributed by atoms with Gasteiger partial charge in [0, 0.05) is 17.2 Å². The van der Waals surface area contributed by atoms with Crippen molar-refractivity contribution in [3.8, 4) is 6.07 Å². The van der Waals surface area contributed by atoms with Crippen molar-refractivity contribution in [3.63, 3.8) is 0 Å². The van der Waals surface area contributed by atoms with E-state index in [1.807, 2.05) is 13.8 Å². The van der Waals surface area contributed by atoms with Crippen molar-refractivity contribution in [1.82, 2.24) is 4.90 Å². The van der Waals surface area contributed by atoms with E-state index in [1.54, 1.807) is 0 Å². The lowest BCUT2D eigenvalue weighted by Gasteiger charge is -2.39. The zero-order valence-corrected chi connectivity index (χ0v) is 16.6. The number of amides is 2. The molecule has 0 aromatic heterocycles. The van der Waals surface area contributed by atoms with Crippen LogP contribution in [0.4, 0.5) is 0 Å². The van der Waals surface area contributed by atoms with Gasteiger partial charge >= 0.3 is 0 Å². The molecule has 2 rings (SSSR count). The van der Waals surface area contributed by atoms with Crippen LogP contribution in [0, 0.1) is 28.1 Å². The molecule has 2 amide bonds. The maximum atomic E-state index is 12.9. The van der Waals surface area contributed by atoms with Crippen LogP contribution in [0.2, 0.25) is 0 Å². The summed E-state index contributed by atoms with van der Waals surface area (Å²) in [7, 11) is 0. The van der Waals surface area contributed by atoms with E-state index < -0.39 is 5.54 Å². The molecule has 4 nitrogen and oxygen atoms in total. The summed E-state index contributed by atoms with van der Waals surface area (Å²) >= 11 is 0. The minimum Gasteiger partial charge on any atom is -0.269 e. The molecule has 0 spiro atoms. The van der Waals surface area contributed by atoms with Gasteiger partial charge in [-0.05, 0) is 57.3 Å². The number of rotatable bonds is 6. The van der Waals surface area contributed by atoms with Crippen LogP contribution >= 0.6 is 0 Å². The van der Waals surface area contributed by atoms with Gasteiger partial charge in [0.2, 0.25) is 0 Å².